The Morgan fingerprint density at radius 1 is 0.458 bits per heavy atom. The van der Waals surface area contributed by atoms with Crippen molar-refractivity contribution >= 4 is 50.2 Å². The first-order chi connectivity index (χ1) is 23.7. The van der Waals surface area contributed by atoms with Crippen LogP contribution in [0.2, 0.25) is 0 Å². The summed E-state index contributed by atoms with van der Waals surface area (Å²) in [5.41, 5.74) is 6.92. The fraction of sp³-hybridized carbons (Fsp3) is 0. The molecule has 0 heterocycles. The van der Waals surface area contributed by atoms with Gasteiger partial charge >= 0.3 is 0 Å². The number of hydrogen-bond donors (Lipinski definition) is 1. The minimum absolute atomic E-state index is 0.151. The van der Waals surface area contributed by atoms with Gasteiger partial charge in [-0.05, 0) is 60.6 Å². The highest BCUT2D eigenvalue weighted by Gasteiger charge is 2.14. The second-order valence-corrected chi connectivity index (χ2v) is 11.8. The molecule has 0 aliphatic carbocycles. The van der Waals surface area contributed by atoms with Gasteiger partial charge in [0, 0.05) is 22.9 Å². The summed E-state index contributed by atoms with van der Waals surface area (Å²) in [6.45, 7) is 0. The van der Waals surface area contributed by atoms with Crippen LogP contribution in [0.1, 0.15) is 16.7 Å². The highest BCUT2D eigenvalue weighted by Crippen LogP contribution is 2.33. The molecular weight excluding hydrogens is 583 g/mol. The standard InChI is InChI=1S/C45H31N3/c46-44(35-25-23-32(24-26-35)31-13-3-1-4-14-31)48-45(41-22-12-11-19-37(41)33-15-5-2-6-16-33)47-30-43-39-21-10-8-18-36(39)29-42-38-20-9-7-17-34(38)27-28-40(42)43/h1-30,46H. The first-order valence-electron chi connectivity index (χ1n) is 16.1. The van der Waals surface area contributed by atoms with Crippen LogP contribution < -0.4 is 0 Å². The van der Waals surface area contributed by atoms with Crippen LogP contribution in [0.25, 0.3) is 54.6 Å². The molecule has 8 aromatic rings. The second-order valence-electron chi connectivity index (χ2n) is 11.8. The Morgan fingerprint density at radius 2 is 1.06 bits per heavy atom. The van der Waals surface area contributed by atoms with E-state index in [1.165, 1.54) is 16.2 Å². The number of benzene rings is 8. The van der Waals surface area contributed by atoms with Crippen molar-refractivity contribution in [3.05, 3.63) is 193 Å². The summed E-state index contributed by atoms with van der Waals surface area (Å²) in [6.07, 6.45) is 1.94. The Hall–Kier alpha value is -6.45. The van der Waals surface area contributed by atoms with Gasteiger partial charge in [0.25, 0.3) is 0 Å². The Balaban J connectivity index is 1.29. The van der Waals surface area contributed by atoms with E-state index in [0.29, 0.717) is 5.84 Å². The van der Waals surface area contributed by atoms with E-state index in [1.807, 2.05) is 85.1 Å². The van der Waals surface area contributed by atoms with Gasteiger partial charge in [-0.25, -0.2) is 9.98 Å². The van der Waals surface area contributed by atoms with Gasteiger partial charge in [-0.2, -0.15) is 0 Å². The monoisotopic (exact) mass is 613 g/mol. The Labute approximate surface area is 279 Å². The fourth-order valence-corrected chi connectivity index (χ4v) is 6.45. The zero-order chi connectivity index (χ0) is 32.3. The second kappa shape index (κ2) is 12.7. The van der Waals surface area contributed by atoms with E-state index in [9.17, 15) is 0 Å². The largest absolute Gasteiger partial charge is 0.282 e. The summed E-state index contributed by atoms with van der Waals surface area (Å²) < 4.78 is 0. The number of nitrogens with zero attached hydrogens (tertiary/aromatic N) is 2. The van der Waals surface area contributed by atoms with E-state index >= 15 is 0 Å². The molecule has 48 heavy (non-hydrogen) atoms. The van der Waals surface area contributed by atoms with E-state index < -0.39 is 0 Å². The predicted molar refractivity (Wildman–Crippen MR) is 204 cm³/mol. The van der Waals surface area contributed by atoms with Gasteiger partial charge in [0.15, 0.2) is 11.7 Å². The maximum atomic E-state index is 9.13. The average Bonchev–Trinajstić information content (AvgIpc) is 3.16. The molecule has 0 unspecified atom stereocenters. The molecular formula is C45H31N3. The quantitative estimate of drug-likeness (QED) is 0.0869. The van der Waals surface area contributed by atoms with Crippen molar-refractivity contribution in [3.8, 4) is 22.3 Å². The molecule has 3 heteroatoms. The highest BCUT2D eigenvalue weighted by atomic mass is 14.9. The molecule has 0 saturated heterocycles. The summed E-state index contributed by atoms with van der Waals surface area (Å²) in [5, 5.41) is 16.1. The topological polar surface area (TPSA) is 48.6 Å². The lowest BCUT2D eigenvalue weighted by molar-refractivity contribution is 1.40. The number of nitrogens with one attached hydrogen (secondary N) is 1. The molecule has 226 valence electrons. The first-order valence-corrected chi connectivity index (χ1v) is 16.1. The van der Waals surface area contributed by atoms with Gasteiger partial charge in [0.1, 0.15) is 0 Å². The third kappa shape index (κ3) is 5.59. The lowest BCUT2D eigenvalue weighted by atomic mass is 9.94. The summed E-state index contributed by atoms with van der Waals surface area (Å²) >= 11 is 0. The number of aliphatic imine (C=N–C) groups is 2. The Bertz CT molecular complexity index is 2490. The predicted octanol–water partition coefficient (Wildman–Crippen LogP) is 11.4. The number of amidine groups is 2. The van der Waals surface area contributed by atoms with Crippen LogP contribution in [-0.4, -0.2) is 17.9 Å². The zero-order valence-electron chi connectivity index (χ0n) is 26.2. The fourth-order valence-electron chi connectivity index (χ4n) is 6.45. The molecule has 0 aromatic heterocycles. The third-order valence-electron chi connectivity index (χ3n) is 8.86. The smallest absolute Gasteiger partial charge is 0.162 e. The Kier molecular flexibility index (Phi) is 7.70. The molecule has 0 fully saturated rings. The van der Waals surface area contributed by atoms with Gasteiger partial charge in [0.2, 0.25) is 0 Å². The van der Waals surface area contributed by atoms with E-state index in [1.54, 1.807) is 0 Å². The lowest BCUT2D eigenvalue weighted by Crippen LogP contribution is -2.06. The van der Waals surface area contributed by atoms with Gasteiger partial charge < -0.3 is 0 Å². The lowest BCUT2D eigenvalue weighted by Gasteiger charge is -2.12. The van der Waals surface area contributed by atoms with Crippen LogP contribution >= 0.6 is 0 Å². The summed E-state index contributed by atoms with van der Waals surface area (Å²) in [5.74, 6) is 0.631. The van der Waals surface area contributed by atoms with Gasteiger partial charge in [-0.1, -0.05) is 170 Å². The average molecular weight is 614 g/mol. The molecule has 8 rings (SSSR count). The molecule has 0 aliphatic heterocycles. The maximum absolute atomic E-state index is 9.13. The zero-order valence-corrected chi connectivity index (χ0v) is 26.2. The molecule has 0 amide bonds. The molecule has 0 bridgehead atoms. The molecule has 0 spiro atoms. The van der Waals surface area contributed by atoms with Gasteiger partial charge in [-0.15, -0.1) is 0 Å². The minimum Gasteiger partial charge on any atom is -0.282 e. The van der Waals surface area contributed by atoms with Crippen molar-refractivity contribution in [3.63, 3.8) is 0 Å². The summed E-state index contributed by atoms with van der Waals surface area (Å²) in [4.78, 5) is 10.1. The van der Waals surface area contributed by atoms with E-state index in [4.69, 9.17) is 15.4 Å². The molecule has 8 aromatic carbocycles. The van der Waals surface area contributed by atoms with E-state index in [0.717, 1.165) is 55.1 Å². The van der Waals surface area contributed by atoms with Crippen LogP contribution in [-0.2, 0) is 0 Å². The van der Waals surface area contributed by atoms with E-state index in [-0.39, 0.29) is 5.84 Å². The van der Waals surface area contributed by atoms with Crippen LogP contribution in [0.3, 0.4) is 0 Å². The SMILES string of the molecule is N=C(N=C(N=Cc1c2ccccc2cc2c1ccc1ccccc12)c1ccccc1-c1ccccc1)c1ccc(-c2ccccc2)cc1. The van der Waals surface area contributed by atoms with Crippen LogP contribution in [0.4, 0.5) is 0 Å². The van der Waals surface area contributed by atoms with E-state index in [2.05, 4.69) is 97.1 Å². The van der Waals surface area contributed by atoms with Crippen molar-refractivity contribution in [2.75, 3.05) is 0 Å². The third-order valence-corrected chi connectivity index (χ3v) is 8.86. The normalized spacial score (nSPS) is 11.9. The van der Waals surface area contributed by atoms with Crippen molar-refractivity contribution in [2.45, 2.75) is 0 Å². The van der Waals surface area contributed by atoms with Gasteiger partial charge in [0.05, 0.1) is 0 Å². The summed E-state index contributed by atoms with van der Waals surface area (Å²) in [7, 11) is 0. The molecule has 0 saturated carbocycles. The molecule has 0 atom stereocenters. The molecule has 3 nitrogen and oxygen atoms in total. The van der Waals surface area contributed by atoms with Gasteiger partial charge in [-0.3, -0.25) is 5.41 Å². The Morgan fingerprint density at radius 3 is 1.83 bits per heavy atom. The van der Waals surface area contributed by atoms with Crippen molar-refractivity contribution in [2.24, 2.45) is 9.98 Å². The number of hydrogen-bond acceptors (Lipinski definition) is 1. The maximum Gasteiger partial charge on any atom is 0.162 e. The molecule has 1 N–H and O–H groups in total. The molecule has 0 radical (unpaired) electrons. The first kappa shape index (κ1) is 29.0. The molecule has 0 aliphatic rings. The number of rotatable bonds is 5. The van der Waals surface area contributed by atoms with Crippen molar-refractivity contribution in [1.29, 1.82) is 5.41 Å². The summed E-state index contributed by atoms with van der Waals surface area (Å²) in [6, 6.07) is 60.3. The highest BCUT2D eigenvalue weighted by molar-refractivity contribution is 6.22. The van der Waals surface area contributed by atoms with Crippen molar-refractivity contribution < 1.29 is 0 Å². The minimum atomic E-state index is 0.151. The van der Waals surface area contributed by atoms with Crippen LogP contribution in [0.5, 0.6) is 0 Å². The van der Waals surface area contributed by atoms with Crippen molar-refractivity contribution in [1.82, 2.24) is 0 Å². The van der Waals surface area contributed by atoms with Crippen LogP contribution in [0, 0.1) is 5.41 Å². The van der Waals surface area contributed by atoms with Crippen LogP contribution in [0.15, 0.2) is 186 Å². The number of fused-ring (bicyclic) bond motifs is 4.